The molecule has 0 fully saturated rings. The number of rotatable bonds is 12. The molecular weight excluding hydrogens is 242 g/mol. The molecule has 0 amide bonds. The van der Waals surface area contributed by atoms with Gasteiger partial charge >= 0.3 is 0 Å². The fourth-order valence-electron chi connectivity index (χ4n) is 1.80. The highest BCUT2D eigenvalue weighted by Gasteiger charge is 2.03. The van der Waals surface area contributed by atoms with Gasteiger partial charge in [-0.2, -0.15) is 5.10 Å². The molecule has 0 aromatic carbocycles. The van der Waals surface area contributed by atoms with Crippen molar-refractivity contribution in [2.24, 2.45) is 0 Å². The number of unbranched alkanes of at least 4 members (excludes halogenated alkanes) is 3. The van der Waals surface area contributed by atoms with E-state index in [1.165, 1.54) is 19.3 Å². The Hall–Kier alpha value is -0.910. The molecule has 1 heterocycles. The van der Waals surface area contributed by atoms with Crippen molar-refractivity contribution in [3.63, 3.8) is 0 Å². The fourth-order valence-corrected chi connectivity index (χ4v) is 1.80. The number of ether oxygens (including phenoxy) is 1. The summed E-state index contributed by atoms with van der Waals surface area (Å²) >= 11 is 0. The summed E-state index contributed by atoms with van der Waals surface area (Å²) in [5, 5.41) is 17.0. The van der Waals surface area contributed by atoms with Crippen molar-refractivity contribution in [2.45, 2.75) is 45.3 Å². The Morgan fingerprint density at radius 3 is 3.00 bits per heavy atom. The molecule has 0 bridgehead atoms. The highest BCUT2D eigenvalue weighted by Crippen LogP contribution is 1.99. The van der Waals surface area contributed by atoms with Gasteiger partial charge in [-0.25, -0.2) is 0 Å². The van der Waals surface area contributed by atoms with Crippen molar-refractivity contribution < 1.29 is 9.84 Å². The molecular formula is C14H27N3O2. The lowest BCUT2D eigenvalue weighted by molar-refractivity contribution is 0.0354. The van der Waals surface area contributed by atoms with Crippen LogP contribution in [0.5, 0.6) is 0 Å². The van der Waals surface area contributed by atoms with Crippen LogP contribution in [0.2, 0.25) is 0 Å². The minimum Gasteiger partial charge on any atom is -0.389 e. The molecule has 110 valence electrons. The summed E-state index contributed by atoms with van der Waals surface area (Å²) in [6.45, 7) is 5.55. The van der Waals surface area contributed by atoms with Gasteiger partial charge in [-0.3, -0.25) is 4.68 Å². The number of aliphatic hydroxyl groups excluding tert-OH is 1. The Bertz CT molecular complexity index is 291. The van der Waals surface area contributed by atoms with Crippen molar-refractivity contribution >= 4 is 0 Å². The van der Waals surface area contributed by atoms with E-state index in [9.17, 15) is 5.11 Å². The van der Waals surface area contributed by atoms with Gasteiger partial charge in [0.1, 0.15) is 0 Å². The highest BCUT2D eigenvalue weighted by molar-refractivity contribution is 4.77. The van der Waals surface area contributed by atoms with Gasteiger partial charge in [0.2, 0.25) is 0 Å². The van der Waals surface area contributed by atoms with Crippen LogP contribution in [0.15, 0.2) is 18.5 Å². The number of hydrogen-bond donors (Lipinski definition) is 2. The van der Waals surface area contributed by atoms with E-state index in [1.807, 2.05) is 16.9 Å². The SMILES string of the molecule is CCCCCCOCC(O)CNCCn1cccn1. The van der Waals surface area contributed by atoms with E-state index >= 15 is 0 Å². The first-order chi connectivity index (χ1) is 9.33. The molecule has 0 aliphatic heterocycles. The van der Waals surface area contributed by atoms with E-state index in [1.54, 1.807) is 6.20 Å². The van der Waals surface area contributed by atoms with E-state index in [2.05, 4.69) is 17.3 Å². The zero-order valence-electron chi connectivity index (χ0n) is 11.9. The monoisotopic (exact) mass is 269 g/mol. The van der Waals surface area contributed by atoms with E-state index in [4.69, 9.17) is 4.74 Å². The lowest BCUT2D eigenvalue weighted by Crippen LogP contribution is -2.32. The van der Waals surface area contributed by atoms with Gasteiger partial charge in [0.05, 0.1) is 19.3 Å². The molecule has 1 atom stereocenters. The van der Waals surface area contributed by atoms with Gasteiger partial charge in [-0.15, -0.1) is 0 Å². The van der Waals surface area contributed by atoms with Crippen molar-refractivity contribution in [1.82, 2.24) is 15.1 Å². The molecule has 0 aliphatic rings. The van der Waals surface area contributed by atoms with Crippen LogP contribution in [0, 0.1) is 0 Å². The third kappa shape index (κ3) is 8.75. The maximum atomic E-state index is 9.70. The van der Waals surface area contributed by atoms with Gasteiger partial charge in [0.25, 0.3) is 0 Å². The van der Waals surface area contributed by atoms with E-state index < -0.39 is 6.10 Å². The number of hydrogen-bond acceptors (Lipinski definition) is 4. The standard InChI is InChI=1S/C14H27N3O2/c1-2-3-4-5-11-19-13-14(18)12-15-8-10-17-9-6-7-16-17/h6-7,9,14-15,18H,2-5,8,10-13H2,1H3. The molecule has 1 aromatic heterocycles. The predicted octanol–water partition coefficient (Wildman–Crippen LogP) is 1.43. The van der Waals surface area contributed by atoms with Crippen LogP contribution in [-0.4, -0.2) is 47.3 Å². The summed E-state index contributed by atoms with van der Waals surface area (Å²) in [5.74, 6) is 0. The summed E-state index contributed by atoms with van der Waals surface area (Å²) in [6.07, 6.45) is 8.08. The first kappa shape index (κ1) is 16.1. The average Bonchev–Trinajstić information content (AvgIpc) is 2.92. The minimum atomic E-state index is -0.427. The summed E-state index contributed by atoms with van der Waals surface area (Å²) in [4.78, 5) is 0. The molecule has 2 N–H and O–H groups in total. The smallest absolute Gasteiger partial charge is 0.0897 e. The molecule has 1 rings (SSSR count). The lowest BCUT2D eigenvalue weighted by Gasteiger charge is -2.12. The number of nitrogens with one attached hydrogen (secondary N) is 1. The molecule has 1 unspecified atom stereocenters. The van der Waals surface area contributed by atoms with Gasteiger partial charge in [-0.05, 0) is 12.5 Å². The quantitative estimate of drug-likeness (QED) is 0.564. The largest absolute Gasteiger partial charge is 0.389 e. The van der Waals surface area contributed by atoms with Crippen molar-refractivity contribution in [1.29, 1.82) is 0 Å². The maximum absolute atomic E-state index is 9.70. The van der Waals surface area contributed by atoms with Crippen LogP contribution < -0.4 is 5.32 Å². The first-order valence-electron chi connectivity index (χ1n) is 7.27. The fraction of sp³-hybridized carbons (Fsp3) is 0.786. The van der Waals surface area contributed by atoms with E-state index in [-0.39, 0.29) is 0 Å². The normalized spacial score (nSPS) is 12.7. The number of nitrogens with zero attached hydrogens (tertiary/aromatic N) is 2. The second-order valence-electron chi connectivity index (χ2n) is 4.76. The molecule has 19 heavy (non-hydrogen) atoms. The summed E-state index contributed by atoms with van der Waals surface area (Å²) in [7, 11) is 0. The van der Waals surface area contributed by atoms with Crippen LogP contribution in [0.3, 0.4) is 0 Å². The van der Waals surface area contributed by atoms with Crippen molar-refractivity contribution in [3.05, 3.63) is 18.5 Å². The summed E-state index contributed by atoms with van der Waals surface area (Å²) < 4.78 is 7.30. The van der Waals surface area contributed by atoms with Crippen LogP contribution in [0.1, 0.15) is 32.6 Å². The Morgan fingerprint density at radius 2 is 2.26 bits per heavy atom. The third-order valence-electron chi connectivity index (χ3n) is 2.91. The van der Waals surface area contributed by atoms with Gasteiger partial charge < -0.3 is 15.2 Å². The van der Waals surface area contributed by atoms with Crippen LogP contribution >= 0.6 is 0 Å². The zero-order valence-corrected chi connectivity index (χ0v) is 11.9. The summed E-state index contributed by atoms with van der Waals surface area (Å²) in [6, 6.07) is 1.90. The van der Waals surface area contributed by atoms with Crippen LogP contribution in [0.4, 0.5) is 0 Å². The van der Waals surface area contributed by atoms with Gasteiger partial charge in [0.15, 0.2) is 0 Å². The zero-order chi connectivity index (χ0) is 13.8. The van der Waals surface area contributed by atoms with Gasteiger partial charge in [-0.1, -0.05) is 26.2 Å². The second-order valence-corrected chi connectivity index (χ2v) is 4.76. The molecule has 0 spiro atoms. The molecule has 1 aromatic rings. The predicted molar refractivity (Wildman–Crippen MR) is 76.1 cm³/mol. The van der Waals surface area contributed by atoms with Crippen molar-refractivity contribution in [2.75, 3.05) is 26.3 Å². The molecule has 0 radical (unpaired) electrons. The van der Waals surface area contributed by atoms with Gasteiger partial charge in [0, 0.05) is 32.1 Å². The first-order valence-corrected chi connectivity index (χ1v) is 7.27. The molecule has 5 heteroatoms. The Kier molecular flexibility index (Phi) is 9.32. The summed E-state index contributed by atoms with van der Waals surface area (Å²) in [5.41, 5.74) is 0. The van der Waals surface area contributed by atoms with E-state index in [0.717, 1.165) is 26.1 Å². The average molecular weight is 269 g/mol. The molecule has 0 saturated carbocycles. The van der Waals surface area contributed by atoms with E-state index in [0.29, 0.717) is 13.2 Å². The topological polar surface area (TPSA) is 59.3 Å². The molecule has 0 aliphatic carbocycles. The van der Waals surface area contributed by atoms with Crippen LogP contribution in [-0.2, 0) is 11.3 Å². The number of aliphatic hydroxyl groups is 1. The molecule has 0 saturated heterocycles. The van der Waals surface area contributed by atoms with Crippen molar-refractivity contribution in [3.8, 4) is 0 Å². The molecule has 5 nitrogen and oxygen atoms in total. The Balaban J connectivity index is 1.86. The lowest BCUT2D eigenvalue weighted by atomic mass is 10.2. The third-order valence-corrected chi connectivity index (χ3v) is 2.91. The maximum Gasteiger partial charge on any atom is 0.0897 e. The Morgan fingerprint density at radius 1 is 1.37 bits per heavy atom. The number of aromatic nitrogens is 2. The Labute approximate surface area is 116 Å². The van der Waals surface area contributed by atoms with Crippen LogP contribution in [0.25, 0.3) is 0 Å². The highest BCUT2D eigenvalue weighted by atomic mass is 16.5. The minimum absolute atomic E-state index is 0.418. The second kappa shape index (κ2) is 11.0.